The molecule has 0 amide bonds. The fraction of sp³-hybridized carbons (Fsp3) is 0.167. The Morgan fingerprint density at radius 3 is 2.45 bits per heavy atom. The van der Waals surface area contributed by atoms with E-state index in [1.165, 1.54) is 15.8 Å². The summed E-state index contributed by atoms with van der Waals surface area (Å²) in [6.45, 7) is 4.60. The molecular weight excluding hydrogens is 274 g/mol. The summed E-state index contributed by atoms with van der Waals surface area (Å²) < 4.78 is 1.49. The monoisotopic (exact) mass is 291 g/mol. The van der Waals surface area contributed by atoms with Crippen LogP contribution in [0.15, 0.2) is 59.7 Å². The first-order chi connectivity index (χ1) is 10.6. The number of rotatable bonds is 3. The lowest BCUT2D eigenvalue weighted by atomic mass is 10.0. The second kappa shape index (κ2) is 5.93. The van der Waals surface area contributed by atoms with Gasteiger partial charge in [-0.1, -0.05) is 12.1 Å². The third-order valence-electron chi connectivity index (χ3n) is 3.75. The lowest BCUT2D eigenvalue weighted by molar-refractivity contribution is 0.642. The van der Waals surface area contributed by atoms with Gasteiger partial charge in [-0.3, -0.25) is 9.78 Å². The van der Waals surface area contributed by atoms with Gasteiger partial charge in [0.2, 0.25) is 0 Å². The van der Waals surface area contributed by atoms with Gasteiger partial charge in [0.05, 0.1) is 12.2 Å². The van der Waals surface area contributed by atoms with E-state index < -0.39 is 0 Å². The molecule has 1 aromatic carbocycles. The van der Waals surface area contributed by atoms with Crippen LogP contribution in [-0.2, 0) is 6.54 Å². The normalized spacial score (nSPS) is 10.6. The zero-order valence-electron chi connectivity index (χ0n) is 12.7. The van der Waals surface area contributed by atoms with Gasteiger partial charge in [-0.2, -0.15) is 5.10 Å². The summed E-state index contributed by atoms with van der Waals surface area (Å²) in [4.78, 5) is 16.0. The maximum absolute atomic E-state index is 12.0. The van der Waals surface area contributed by atoms with Gasteiger partial charge >= 0.3 is 0 Å². The summed E-state index contributed by atoms with van der Waals surface area (Å²) in [5.41, 5.74) is 5.18. The second-order valence-electron chi connectivity index (χ2n) is 5.37. The van der Waals surface area contributed by atoms with Crippen LogP contribution in [0.4, 0.5) is 0 Å². The Morgan fingerprint density at radius 1 is 0.955 bits per heavy atom. The molecule has 3 rings (SSSR count). The number of nitrogens with zero attached hydrogens (tertiary/aromatic N) is 3. The first-order valence-corrected chi connectivity index (χ1v) is 7.18. The summed E-state index contributed by atoms with van der Waals surface area (Å²) in [6.07, 6.45) is 3.43. The van der Waals surface area contributed by atoms with Crippen molar-refractivity contribution in [2.75, 3.05) is 0 Å². The second-order valence-corrected chi connectivity index (χ2v) is 5.37. The largest absolute Gasteiger partial charge is 0.268 e. The molecule has 0 aliphatic carbocycles. The average Bonchev–Trinajstić information content (AvgIpc) is 2.53. The smallest absolute Gasteiger partial charge is 0.267 e. The summed E-state index contributed by atoms with van der Waals surface area (Å²) >= 11 is 0. The number of aryl methyl sites for hydroxylation is 2. The Kier molecular flexibility index (Phi) is 3.83. The van der Waals surface area contributed by atoms with E-state index in [9.17, 15) is 4.79 Å². The maximum Gasteiger partial charge on any atom is 0.267 e. The molecule has 4 nitrogen and oxygen atoms in total. The van der Waals surface area contributed by atoms with Crippen LogP contribution in [0, 0.1) is 13.8 Å². The minimum atomic E-state index is -0.107. The quantitative estimate of drug-likeness (QED) is 0.745. The van der Waals surface area contributed by atoms with E-state index >= 15 is 0 Å². The fourth-order valence-electron chi connectivity index (χ4n) is 2.28. The zero-order chi connectivity index (χ0) is 15.5. The van der Waals surface area contributed by atoms with Crippen molar-refractivity contribution in [2.24, 2.45) is 0 Å². The Bertz CT molecular complexity index is 854. The van der Waals surface area contributed by atoms with E-state index in [-0.39, 0.29) is 5.56 Å². The lowest BCUT2D eigenvalue weighted by Gasteiger charge is -2.08. The summed E-state index contributed by atoms with van der Waals surface area (Å²) in [7, 11) is 0. The molecule has 0 bridgehead atoms. The maximum atomic E-state index is 12.0. The Hall–Kier alpha value is -2.75. The van der Waals surface area contributed by atoms with Crippen LogP contribution in [-0.4, -0.2) is 14.8 Å². The number of pyridine rings is 1. The predicted molar refractivity (Wildman–Crippen MR) is 86.7 cm³/mol. The number of benzene rings is 1. The van der Waals surface area contributed by atoms with E-state index in [2.05, 4.69) is 36.1 Å². The summed E-state index contributed by atoms with van der Waals surface area (Å²) in [6, 6.07) is 13.3. The summed E-state index contributed by atoms with van der Waals surface area (Å²) in [5.74, 6) is 0. The fourth-order valence-corrected chi connectivity index (χ4v) is 2.28. The average molecular weight is 291 g/mol. The predicted octanol–water partition coefficient (Wildman–Crippen LogP) is 2.97. The Labute approximate surface area is 129 Å². The topological polar surface area (TPSA) is 47.8 Å². The first kappa shape index (κ1) is 14.2. The number of hydrogen-bond donors (Lipinski definition) is 0. The van der Waals surface area contributed by atoms with Crippen LogP contribution in [0.25, 0.3) is 11.3 Å². The van der Waals surface area contributed by atoms with E-state index in [0.29, 0.717) is 6.54 Å². The molecule has 0 aliphatic heterocycles. The molecule has 0 spiro atoms. The van der Waals surface area contributed by atoms with Gasteiger partial charge in [-0.05, 0) is 54.8 Å². The van der Waals surface area contributed by atoms with Crippen molar-refractivity contribution in [3.8, 4) is 11.3 Å². The standard InChI is InChI=1S/C18H17N3O/c1-13-3-4-16(11-14(13)2)17-5-6-18(22)21(20-17)12-15-7-9-19-10-8-15/h3-11H,12H2,1-2H3. The molecule has 0 unspecified atom stereocenters. The third-order valence-corrected chi connectivity index (χ3v) is 3.75. The molecule has 4 heteroatoms. The van der Waals surface area contributed by atoms with Crippen molar-refractivity contribution in [1.29, 1.82) is 0 Å². The minimum absolute atomic E-state index is 0.107. The number of aromatic nitrogens is 3. The van der Waals surface area contributed by atoms with Gasteiger partial charge in [0.15, 0.2) is 0 Å². The third kappa shape index (κ3) is 2.96. The molecule has 110 valence electrons. The Balaban J connectivity index is 1.99. The lowest BCUT2D eigenvalue weighted by Crippen LogP contribution is -2.22. The molecule has 0 radical (unpaired) electrons. The van der Waals surface area contributed by atoms with E-state index in [1.54, 1.807) is 24.5 Å². The van der Waals surface area contributed by atoms with Crippen molar-refractivity contribution in [1.82, 2.24) is 14.8 Å². The van der Waals surface area contributed by atoms with Crippen molar-refractivity contribution in [3.05, 3.63) is 81.9 Å². The van der Waals surface area contributed by atoms with Crippen LogP contribution >= 0.6 is 0 Å². The van der Waals surface area contributed by atoms with Gasteiger partial charge < -0.3 is 0 Å². The molecule has 0 N–H and O–H groups in total. The highest BCUT2D eigenvalue weighted by Crippen LogP contribution is 2.19. The Morgan fingerprint density at radius 2 is 1.73 bits per heavy atom. The van der Waals surface area contributed by atoms with E-state index in [0.717, 1.165) is 16.8 Å². The van der Waals surface area contributed by atoms with Gasteiger partial charge in [0.1, 0.15) is 0 Å². The van der Waals surface area contributed by atoms with Crippen molar-refractivity contribution in [2.45, 2.75) is 20.4 Å². The SMILES string of the molecule is Cc1ccc(-c2ccc(=O)n(Cc3ccncc3)n2)cc1C. The molecule has 0 atom stereocenters. The highest BCUT2D eigenvalue weighted by atomic mass is 16.1. The van der Waals surface area contributed by atoms with Crippen molar-refractivity contribution in [3.63, 3.8) is 0 Å². The first-order valence-electron chi connectivity index (χ1n) is 7.18. The summed E-state index contributed by atoms with van der Waals surface area (Å²) in [5, 5.41) is 4.49. The van der Waals surface area contributed by atoms with Crippen LogP contribution in [0.5, 0.6) is 0 Å². The molecule has 0 saturated carbocycles. The molecule has 22 heavy (non-hydrogen) atoms. The van der Waals surface area contributed by atoms with Gasteiger partial charge in [-0.25, -0.2) is 4.68 Å². The molecule has 2 aromatic heterocycles. The van der Waals surface area contributed by atoms with Crippen LogP contribution in [0.1, 0.15) is 16.7 Å². The molecular formula is C18H17N3O. The molecule has 0 fully saturated rings. The van der Waals surface area contributed by atoms with Crippen molar-refractivity contribution >= 4 is 0 Å². The zero-order valence-corrected chi connectivity index (χ0v) is 12.7. The van der Waals surface area contributed by atoms with Crippen molar-refractivity contribution < 1.29 is 0 Å². The number of hydrogen-bond acceptors (Lipinski definition) is 3. The molecule has 0 aliphatic rings. The molecule has 3 aromatic rings. The van der Waals surface area contributed by atoms with Gasteiger partial charge in [0, 0.05) is 24.0 Å². The van der Waals surface area contributed by atoms with Crippen LogP contribution in [0.3, 0.4) is 0 Å². The molecule has 0 saturated heterocycles. The van der Waals surface area contributed by atoms with Gasteiger partial charge in [-0.15, -0.1) is 0 Å². The molecule has 2 heterocycles. The highest BCUT2D eigenvalue weighted by molar-refractivity contribution is 5.60. The highest BCUT2D eigenvalue weighted by Gasteiger charge is 2.05. The van der Waals surface area contributed by atoms with E-state index in [4.69, 9.17) is 0 Å². The van der Waals surface area contributed by atoms with E-state index in [1.807, 2.05) is 18.2 Å². The van der Waals surface area contributed by atoms with Crippen LogP contribution < -0.4 is 5.56 Å². The van der Waals surface area contributed by atoms with Crippen LogP contribution in [0.2, 0.25) is 0 Å². The minimum Gasteiger partial charge on any atom is -0.268 e. The van der Waals surface area contributed by atoms with Gasteiger partial charge in [0.25, 0.3) is 5.56 Å².